The molecule has 25 heavy (non-hydrogen) atoms. The van der Waals surface area contributed by atoms with Crippen LogP contribution in [0, 0.1) is 10.1 Å². The number of nitrogens with one attached hydrogen (secondary N) is 3. The Bertz CT molecular complexity index is 649. The van der Waals surface area contributed by atoms with E-state index in [0.717, 1.165) is 12.1 Å². The first kappa shape index (κ1) is 20.2. The van der Waals surface area contributed by atoms with Crippen LogP contribution in [0.5, 0.6) is 0 Å². The minimum atomic E-state index is -4.68. The van der Waals surface area contributed by atoms with Crippen LogP contribution in [0.2, 0.25) is 0 Å². The van der Waals surface area contributed by atoms with E-state index in [-0.39, 0.29) is 43.6 Å². The first-order valence-electron chi connectivity index (χ1n) is 7.22. The number of nitrogens with zero attached hydrogens (tertiary/aromatic N) is 1. The molecule has 2 amide bonds. The Morgan fingerprint density at radius 2 is 1.80 bits per heavy atom. The van der Waals surface area contributed by atoms with Gasteiger partial charge in [-0.2, -0.15) is 13.2 Å². The maximum absolute atomic E-state index is 12.6. The molecule has 0 aliphatic rings. The van der Waals surface area contributed by atoms with E-state index in [4.69, 9.17) is 0 Å². The summed E-state index contributed by atoms with van der Waals surface area (Å²) in [7, 11) is 0. The Labute approximate surface area is 140 Å². The molecule has 0 aliphatic heterocycles. The van der Waals surface area contributed by atoms with E-state index in [0.29, 0.717) is 6.07 Å². The maximum atomic E-state index is 12.6. The molecule has 3 N–H and O–H groups in total. The van der Waals surface area contributed by atoms with Gasteiger partial charge >= 0.3 is 6.18 Å². The van der Waals surface area contributed by atoms with E-state index in [1.807, 2.05) is 0 Å². The highest BCUT2D eigenvalue weighted by Crippen LogP contribution is 2.34. The molecule has 0 aromatic heterocycles. The summed E-state index contributed by atoms with van der Waals surface area (Å²) >= 11 is 0. The van der Waals surface area contributed by atoms with Gasteiger partial charge < -0.3 is 16.0 Å². The molecule has 0 atom stereocenters. The zero-order chi connectivity index (χ0) is 19.0. The van der Waals surface area contributed by atoms with Crippen molar-refractivity contribution in [2.24, 2.45) is 0 Å². The summed E-state index contributed by atoms with van der Waals surface area (Å²) in [5.74, 6) is -0.599. The number of carbonyl (C=O) groups is 2. The van der Waals surface area contributed by atoms with Gasteiger partial charge in [0.05, 0.1) is 10.5 Å². The molecule has 0 bridgehead atoms. The molecule has 138 valence electrons. The highest BCUT2D eigenvalue weighted by Gasteiger charge is 2.32. The van der Waals surface area contributed by atoms with Crippen LogP contribution in [0.3, 0.4) is 0 Å². The molecule has 0 heterocycles. The summed E-state index contributed by atoms with van der Waals surface area (Å²) in [5.41, 5.74) is -1.95. The number of rotatable bonds is 8. The molecule has 0 unspecified atom stereocenters. The van der Waals surface area contributed by atoms with E-state index in [2.05, 4.69) is 16.0 Å². The smallest absolute Gasteiger partial charge is 0.379 e. The van der Waals surface area contributed by atoms with Gasteiger partial charge in [0.25, 0.3) is 5.69 Å². The Morgan fingerprint density at radius 1 is 1.16 bits per heavy atom. The number of nitro groups is 1. The number of nitro benzene ring substituents is 1. The monoisotopic (exact) mass is 362 g/mol. The van der Waals surface area contributed by atoms with Crippen molar-refractivity contribution < 1.29 is 27.7 Å². The van der Waals surface area contributed by atoms with Gasteiger partial charge in [0.2, 0.25) is 11.8 Å². The van der Waals surface area contributed by atoms with E-state index in [1.54, 1.807) is 0 Å². The Kier molecular flexibility index (Phi) is 7.15. The molecule has 1 aromatic rings. The van der Waals surface area contributed by atoms with Crippen LogP contribution < -0.4 is 16.0 Å². The van der Waals surface area contributed by atoms with Crippen LogP contribution in [0.4, 0.5) is 24.5 Å². The summed E-state index contributed by atoms with van der Waals surface area (Å²) in [5, 5.41) is 18.5. The highest BCUT2D eigenvalue weighted by atomic mass is 19.4. The number of carbonyl (C=O) groups excluding carboxylic acids is 2. The molecule has 0 radical (unpaired) electrons. The van der Waals surface area contributed by atoms with Gasteiger partial charge in [-0.25, -0.2) is 0 Å². The third kappa shape index (κ3) is 7.06. The molecule has 8 nitrogen and oxygen atoms in total. The minimum Gasteiger partial charge on any atom is -0.379 e. The zero-order valence-electron chi connectivity index (χ0n) is 13.3. The predicted molar refractivity (Wildman–Crippen MR) is 82.9 cm³/mol. The number of anilines is 1. The number of benzene rings is 1. The fraction of sp³-hybridized carbons (Fsp3) is 0.429. The van der Waals surface area contributed by atoms with Crippen molar-refractivity contribution >= 4 is 23.2 Å². The summed E-state index contributed by atoms with van der Waals surface area (Å²) in [6.45, 7) is 1.82. The van der Waals surface area contributed by atoms with Crippen molar-refractivity contribution in [2.75, 3.05) is 25.0 Å². The standard InChI is InChI=1S/C14H17F3N4O4/c1-9(22)18-6-7-20-13(23)4-5-19-11-3-2-10(14(15,16)17)8-12(11)21(24)25/h2-3,8,19H,4-7H2,1H3,(H,18,22)(H,20,23). The quantitative estimate of drug-likeness (QED) is 0.370. The van der Waals surface area contributed by atoms with Crippen LogP contribution in [0.1, 0.15) is 18.9 Å². The largest absolute Gasteiger partial charge is 0.416 e. The molecular formula is C14H17F3N4O4. The lowest BCUT2D eigenvalue weighted by molar-refractivity contribution is -0.384. The van der Waals surface area contributed by atoms with Crippen molar-refractivity contribution in [1.29, 1.82) is 0 Å². The van der Waals surface area contributed by atoms with E-state index in [1.165, 1.54) is 6.92 Å². The molecule has 1 rings (SSSR count). The molecule has 0 spiro atoms. The van der Waals surface area contributed by atoms with E-state index in [9.17, 15) is 32.9 Å². The van der Waals surface area contributed by atoms with E-state index < -0.39 is 22.4 Å². The molecule has 0 saturated heterocycles. The summed E-state index contributed by atoms with van der Waals surface area (Å²) in [6, 6.07) is 2.12. The van der Waals surface area contributed by atoms with Crippen LogP contribution in [-0.2, 0) is 15.8 Å². The lowest BCUT2D eigenvalue weighted by Crippen LogP contribution is -2.34. The average molecular weight is 362 g/mol. The maximum Gasteiger partial charge on any atom is 0.416 e. The highest BCUT2D eigenvalue weighted by molar-refractivity contribution is 5.77. The van der Waals surface area contributed by atoms with Gasteiger partial charge in [0.15, 0.2) is 0 Å². The molecular weight excluding hydrogens is 345 g/mol. The van der Waals surface area contributed by atoms with Gasteiger partial charge in [0.1, 0.15) is 5.69 Å². The molecule has 0 saturated carbocycles. The predicted octanol–water partition coefficient (Wildman–Crippen LogP) is 1.67. The second kappa shape index (κ2) is 8.85. The second-order valence-corrected chi connectivity index (χ2v) is 5.00. The Hall–Kier alpha value is -2.85. The first-order chi connectivity index (χ1) is 11.6. The van der Waals surface area contributed by atoms with Crippen molar-refractivity contribution in [3.63, 3.8) is 0 Å². The van der Waals surface area contributed by atoms with Gasteiger partial charge in [-0.3, -0.25) is 19.7 Å². The number of halogens is 3. The third-order valence-corrected chi connectivity index (χ3v) is 3.01. The topological polar surface area (TPSA) is 113 Å². The number of hydrogen-bond donors (Lipinski definition) is 3. The summed E-state index contributed by atoms with van der Waals surface area (Å²) < 4.78 is 37.8. The van der Waals surface area contributed by atoms with Crippen molar-refractivity contribution in [2.45, 2.75) is 19.5 Å². The van der Waals surface area contributed by atoms with Gasteiger partial charge in [0, 0.05) is 39.0 Å². The zero-order valence-corrected chi connectivity index (χ0v) is 13.3. The molecule has 0 aliphatic carbocycles. The SMILES string of the molecule is CC(=O)NCCNC(=O)CCNc1ccc(C(F)(F)F)cc1[N+](=O)[O-]. The molecule has 1 aromatic carbocycles. The Morgan fingerprint density at radius 3 is 2.36 bits per heavy atom. The number of hydrogen-bond acceptors (Lipinski definition) is 5. The molecule has 0 fully saturated rings. The van der Waals surface area contributed by atoms with E-state index >= 15 is 0 Å². The average Bonchev–Trinajstić information content (AvgIpc) is 2.50. The first-order valence-corrected chi connectivity index (χ1v) is 7.22. The summed E-state index contributed by atoms with van der Waals surface area (Å²) in [4.78, 5) is 32.2. The van der Waals surface area contributed by atoms with Crippen LogP contribution >= 0.6 is 0 Å². The normalized spacial score (nSPS) is 10.9. The van der Waals surface area contributed by atoms with Crippen molar-refractivity contribution in [3.8, 4) is 0 Å². The Balaban J connectivity index is 2.55. The van der Waals surface area contributed by atoms with Crippen molar-refractivity contribution in [3.05, 3.63) is 33.9 Å². The van der Waals surface area contributed by atoms with Crippen LogP contribution in [0.15, 0.2) is 18.2 Å². The fourth-order valence-electron chi connectivity index (χ4n) is 1.85. The fourth-order valence-corrected chi connectivity index (χ4v) is 1.85. The third-order valence-electron chi connectivity index (χ3n) is 3.01. The van der Waals surface area contributed by atoms with Crippen molar-refractivity contribution in [1.82, 2.24) is 10.6 Å². The lowest BCUT2D eigenvalue weighted by Gasteiger charge is -2.11. The lowest BCUT2D eigenvalue weighted by atomic mass is 10.1. The van der Waals surface area contributed by atoms with Gasteiger partial charge in [-0.15, -0.1) is 0 Å². The summed E-state index contributed by atoms with van der Waals surface area (Å²) in [6.07, 6.45) is -4.73. The number of amides is 2. The van der Waals surface area contributed by atoms with Gasteiger partial charge in [-0.1, -0.05) is 0 Å². The molecule has 11 heteroatoms. The number of alkyl halides is 3. The van der Waals surface area contributed by atoms with Crippen LogP contribution in [-0.4, -0.2) is 36.4 Å². The van der Waals surface area contributed by atoms with Gasteiger partial charge in [-0.05, 0) is 12.1 Å². The minimum absolute atomic E-state index is 0.00181. The second-order valence-electron chi connectivity index (χ2n) is 5.00. The van der Waals surface area contributed by atoms with Crippen LogP contribution in [0.25, 0.3) is 0 Å².